The van der Waals surface area contributed by atoms with E-state index in [1.807, 2.05) is 0 Å². The van der Waals surface area contributed by atoms with Gasteiger partial charge in [-0.2, -0.15) is 0 Å². The summed E-state index contributed by atoms with van der Waals surface area (Å²) in [5, 5.41) is 0. The molecule has 29 heavy (non-hydrogen) atoms. The molecule has 0 radical (unpaired) electrons. The van der Waals surface area contributed by atoms with Crippen molar-refractivity contribution in [1.29, 1.82) is 0 Å². The van der Waals surface area contributed by atoms with Crippen LogP contribution in [0.4, 0.5) is 0 Å². The molecule has 1 aliphatic carbocycles. The molecule has 0 aromatic heterocycles. The van der Waals surface area contributed by atoms with Gasteiger partial charge in [-0.3, -0.25) is 14.4 Å². The molecule has 0 aliphatic heterocycles. The molecule has 0 aromatic rings. The second-order valence-corrected chi connectivity index (χ2v) is 7.87. The van der Waals surface area contributed by atoms with Gasteiger partial charge in [0.25, 0.3) is 0 Å². The third kappa shape index (κ3) is 11.0. The zero-order valence-corrected chi connectivity index (χ0v) is 18.5. The third-order valence-electron chi connectivity index (χ3n) is 5.24. The van der Waals surface area contributed by atoms with Crippen molar-refractivity contribution >= 4 is 17.5 Å². The third-order valence-corrected chi connectivity index (χ3v) is 5.24. The molecule has 1 unspecified atom stereocenters. The molecule has 0 saturated heterocycles. The van der Waals surface area contributed by atoms with Crippen molar-refractivity contribution in [2.75, 3.05) is 7.11 Å². The summed E-state index contributed by atoms with van der Waals surface area (Å²) in [6, 6.07) is 0. The van der Waals surface area contributed by atoms with E-state index in [0.717, 1.165) is 12.8 Å². The van der Waals surface area contributed by atoms with Crippen LogP contribution in [-0.4, -0.2) is 30.7 Å². The van der Waals surface area contributed by atoms with Crippen LogP contribution < -0.4 is 0 Å². The summed E-state index contributed by atoms with van der Waals surface area (Å²) in [6.45, 7) is 3.61. The van der Waals surface area contributed by atoms with Gasteiger partial charge in [-0.15, -0.1) is 0 Å². The molecule has 1 rings (SSSR count). The first-order valence-corrected chi connectivity index (χ1v) is 11.2. The van der Waals surface area contributed by atoms with Gasteiger partial charge in [0.1, 0.15) is 6.10 Å². The summed E-state index contributed by atoms with van der Waals surface area (Å²) >= 11 is 0. The Morgan fingerprint density at radius 2 is 1.45 bits per heavy atom. The summed E-state index contributed by atoms with van der Waals surface area (Å²) in [5.41, 5.74) is 0.351. The first kappa shape index (κ1) is 25.1. The fraction of sp³-hybridized carbons (Fsp3) is 0.708. The highest BCUT2D eigenvalue weighted by Crippen LogP contribution is 2.22. The van der Waals surface area contributed by atoms with E-state index in [2.05, 4.69) is 6.92 Å². The summed E-state index contributed by atoms with van der Waals surface area (Å²) in [5.74, 6) is -0.893. The van der Waals surface area contributed by atoms with Gasteiger partial charge in [0.15, 0.2) is 11.5 Å². The predicted octanol–water partition coefficient (Wildman–Crippen LogP) is 5.62. The van der Waals surface area contributed by atoms with Crippen LogP contribution in [0.3, 0.4) is 0 Å². The standard InChI is InChI=1S/C24H38O5/c1-4-5-6-7-8-9-10-11-12-13-14-15-22(29-19(2)25)17-20-16-21(26)18-23(28-3)24(20)27/h16,18,22H,4-15,17H2,1-3H3. The van der Waals surface area contributed by atoms with Crippen LogP contribution in [0.15, 0.2) is 23.5 Å². The smallest absolute Gasteiger partial charge is 0.302 e. The minimum atomic E-state index is -0.384. The zero-order valence-electron chi connectivity index (χ0n) is 18.5. The Kier molecular flexibility index (Phi) is 13.0. The fourth-order valence-electron chi connectivity index (χ4n) is 3.65. The van der Waals surface area contributed by atoms with Gasteiger partial charge in [0.2, 0.25) is 5.78 Å². The van der Waals surface area contributed by atoms with Crippen LogP contribution in [-0.2, 0) is 23.9 Å². The van der Waals surface area contributed by atoms with Crippen LogP contribution in [0.1, 0.15) is 97.3 Å². The lowest BCUT2D eigenvalue weighted by Gasteiger charge is -2.20. The normalized spacial score (nSPS) is 15.0. The Balaban J connectivity index is 2.30. The molecule has 1 aliphatic rings. The number of rotatable bonds is 16. The van der Waals surface area contributed by atoms with E-state index in [-0.39, 0.29) is 35.8 Å². The number of carbonyl (C=O) groups excluding carboxylic acids is 3. The largest absolute Gasteiger partial charge is 0.493 e. The Morgan fingerprint density at radius 3 is 1.97 bits per heavy atom. The number of Topliss-reactive ketones (excluding diaryl/α,β-unsaturated/α-hetero) is 1. The maximum atomic E-state index is 12.3. The lowest BCUT2D eigenvalue weighted by Crippen LogP contribution is -2.23. The minimum absolute atomic E-state index is 0.0452. The molecule has 0 amide bonds. The number of unbranched alkanes of at least 4 members (excludes halogenated alkanes) is 10. The average molecular weight is 407 g/mol. The van der Waals surface area contributed by atoms with Crippen LogP contribution >= 0.6 is 0 Å². The lowest BCUT2D eigenvalue weighted by atomic mass is 9.94. The minimum Gasteiger partial charge on any atom is -0.493 e. The topological polar surface area (TPSA) is 69.7 Å². The fourth-order valence-corrected chi connectivity index (χ4v) is 3.65. The van der Waals surface area contributed by atoms with Crippen LogP contribution in [0.5, 0.6) is 0 Å². The van der Waals surface area contributed by atoms with Crippen molar-refractivity contribution in [1.82, 2.24) is 0 Å². The SMILES string of the molecule is CCCCCCCCCCCCCC(CC1=CC(=O)C=C(OC)C1=O)OC(C)=O. The number of hydrogen-bond donors (Lipinski definition) is 0. The van der Waals surface area contributed by atoms with Crippen molar-refractivity contribution in [3.63, 3.8) is 0 Å². The van der Waals surface area contributed by atoms with E-state index in [4.69, 9.17) is 9.47 Å². The Morgan fingerprint density at radius 1 is 0.897 bits per heavy atom. The lowest BCUT2D eigenvalue weighted by molar-refractivity contribution is -0.146. The molecule has 0 fully saturated rings. The highest BCUT2D eigenvalue weighted by molar-refractivity contribution is 6.19. The number of methoxy groups -OCH3 is 1. The van der Waals surface area contributed by atoms with Gasteiger partial charge in [-0.25, -0.2) is 0 Å². The number of hydrogen-bond acceptors (Lipinski definition) is 5. The van der Waals surface area contributed by atoms with Gasteiger partial charge in [0.05, 0.1) is 7.11 Å². The summed E-state index contributed by atoms with van der Waals surface area (Å²) in [4.78, 5) is 35.5. The molecule has 0 saturated carbocycles. The van der Waals surface area contributed by atoms with E-state index in [0.29, 0.717) is 12.0 Å². The first-order chi connectivity index (χ1) is 14.0. The average Bonchev–Trinajstić information content (AvgIpc) is 2.68. The molecular formula is C24H38O5. The molecule has 0 spiro atoms. The van der Waals surface area contributed by atoms with Crippen molar-refractivity contribution in [2.24, 2.45) is 0 Å². The highest BCUT2D eigenvalue weighted by Gasteiger charge is 2.26. The van der Waals surface area contributed by atoms with E-state index in [1.165, 1.54) is 84.0 Å². The molecule has 0 bridgehead atoms. The van der Waals surface area contributed by atoms with Crippen LogP contribution in [0.25, 0.3) is 0 Å². The van der Waals surface area contributed by atoms with Gasteiger partial charge < -0.3 is 9.47 Å². The number of carbonyl (C=O) groups is 3. The Bertz CT molecular complexity index is 588. The number of ketones is 2. The molecule has 0 N–H and O–H groups in total. The van der Waals surface area contributed by atoms with E-state index < -0.39 is 0 Å². The predicted molar refractivity (Wildman–Crippen MR) is 114 cm³/mol. The van der Waals surface area contributed by atoms with Crippen molar-refractivity contribution in [2.45, 2.75) is 103 Å². The summed E-state index contributed by atoms with van der Waals surface area (Å²) < 4.78 is 10.4. The maximum absolute atomic E-state index is 12.3. The van der Waals surface area contributed by atoms with Crippen molar-refractivity contribution in [3.05, 3.63) is 23.5 Å². The molecule has 0 heterocycles. The number of ether oxygens (including phenoxy) is 2. The Labute approximate surface area is 175 Å². The molecule has 1 atom stereocenters. The van der Waals surface area contributed by atoms with Gasteiger partial charge in [-0.1, -0.05) is 71.1 Å². The molecular weight excluding hydrogens is 368 g/mol. The van der Waals surface area contributed by atoms with E-state index in [9.17, 15) is 14.4 Å². The molecule has 0 aromatic carbocycles. The van der Waals surface area contributed by atoms with Gasteiger partial charge in [0, 0.05) is 25.0 Å². The molecule has 164 valence electrons. The second kappa shape index (κ2) is 15.0. The first-order valence-electron chi connectivity index (χ1n) is 11.2. The Hall–Kier alpha value is -1.91. The van der Waals surface area contributed by atoms with E-state index in [1.54, 1.807) is 0 Å². The molecule has 5 heteroatoms. The monoisotopic (exact) mass is 406 g/mol. The van der Waals surface area contributed by atoms with Crippen molar-refractivity contribution < 1.29 is 23.9 Å². The second-order valence-electron chi connectivity index (χ2n) is 7.87. The van der Waals surface area contributed by atoms with Gasteiger partial charge >= 0.3 is 5.97 Å². The summed E-state index contributed by atoms with van der Waals surface area (Å²) in [6.07, 6.45) is 16.8. The summed E-state index contributed by atoms with van der Waals surface area (Å²) in [7, 11) is 1.37. The molecule has 5 nitrogen and oxygen atoms in total. The zero-order chi connectivity index (χ0) is 21.5. The highest BCUT2D eigenvalue weighted by atomic mass is 16.5. The van der Waals surface area contributed by atoms with Crippen molar-refractivity contribution in [3.8, 4) is 0 Å². The quantitative estimate of drug-likeness (QED) is 0.189. The van der Waals surface area contributed by atoms with Gasteiger partial charge in [-0.05, 0) is 18.9 Å². The van der Waals surface area contributed by atoms with E-state index >= 15 is 0 Å². The van der Waals surface area contributed by atoms with Crippen LogP contribution in [0.2, 0.25) is 0 Å². The maximum Gasteiger partial charge on any atom is 0.302 e. The number of esters is 1. The van der Waals surface area contributed by atoms with Crippen LogP contribution in [0, 0.1) is 0 Å². The number of allylic oxidation sites excluding steroid dienone is 3.